The summed E-state index contributed by atoms with van der Waals surface area (Å²) in [6.07, 6.45) is 1.93. The number of carbonyl (C=O) groups excluding carboxylic acids is 1. The molecule has 0 radical (unpaired) electrons. The minimum Gasteiger partial charge on any atom is -0.352 e. The van der Waals surface area contributed by atoms with Crippen molar-refractivity contribution in [1.29, 1.82) is 0 Å². The van der Waals surface area contributed by atoms with Crippen LogP contribution in [0.4, 0.5) is 0 Å². The lowest BCUT2D eigenvalue weighted by molar-refractivity contribution is 0.0774. The second-order valence-electron chi connectivity index (χ2n) is 4.60. The zero-order valence-electron chi connectivity index (χ0n) is 11.5. The largest absolute Gasteiger partial charge is 0.352 e. The van der Waals surface area contributed by atoms with E-state index in [0.717, 1.165) is 14.8 Å². The molecule has 0 unspecified atom stereocenters. The fourth-order valence-corrected chi connectivity index (χ4v) is 2.42. The minimum absolute atomic E-state index is 0.224. The quantitative estimate of drug-likeness (QED) is 0.843. The van der Waals surface area contributed by atoms with Gasteiger partial charge in [0.2, 0.25) is 0 Å². The van der Waals surface area contributed by atoms with Gasteiger partial charge in [-0.25, -0.2) is 4.68 Å². The zero-order valence-corrected chi connectivity index (χ0v) is 13.1. The highest BCUT2D eigenvalue weighted by atomic mass is 79.9. The monoisotopic (exact) mass is 338 g/mol. The van der Waals surface area contributed by atoms with E-state index in [0.29, 0.717) is 6.54 Å². The van der Waals surface area contributed by atoms with Crippen molar-refractivity contribution in [3.05, 3.63) is 50.6 Å². The Balaban J connectivity index is 2.18. The van der Waals surface area contributed by atoms with Crippen LogP contribution < -0.4 is 5.56 Å². The van der Waals surface area contributed by atoms with Crippen LogP contribution in [-0.2, 0) is 20.6 Å². The lowest BCUT2D eigenvalue weighted by atomic mass is 10.3. The first-order valence-corrected chi connectivity index (χ1v) is 6.78. The van der Waals surface area contributed by atoms with Gasteiger partial charge in [0.05, 0.1) is 6.54 Å². The second kappa shape index (κ2) is 5.62. The number of aryl methyl sites for hydroxylation is 2. The van der Waals surface area contributed by atoms with Crippen LogP contribution in [0.2, 0.25) is 0 Å². The van der Waals surface area contributed by atoms with Crippen molar-refractivity contribution in [2.24, 2.45) is 14.1 Å². The molecule has 2 aromatic rings. The van der Waals surface area contributed by atoms with Crippen LogP contribution in [0, 0.1) is 0 Å². The first-order chi connectivity index (χ1) is 9.38. The smallest absolute Gasteiger partial charge is 0.274 e. The number of amides is 1. The maximum atomic E-state index is 12.3. The average Bonchev–Trinajstić information content (AvgIpc) is 2.70. The average molecular weight is 339 g/mol. The van der Waals surface area contributed by atoms with Crippen molar-refractivity contribution >= 4 is 21.8 Å². The Kier molecular flexibility index (Phi) is 4.08. The molecule has 0 bridgehead atoms. The molecule has 0 aliphatic rings. The third-order valence-corrected chi connectivity index (χ3v) is 3.43. The molecular weight excluding hydrogens is 324 g/mol. The van der Waals surface area contributed by atoms with Crippen LogP contribution in [0.5, 0.6) is 0 Å². The molecule has 7 heteroatoms. The van der Waals surface area contributed by atoms with Crippen LogP contribution in [-0.4, -0.2) is 32.2 Å². The maximum absolute atomic E-state index is 12.3. The van der Waals surface area contributed by atoms with E-state index >= 15 is 0 Å². The summed E-state index contributed by atoms with van der Waals surface area (Å²) in [6.45, 7) is 0.464. The Morgan fingerprint density at radius 2 is 2.10 bits per heavy atom. The number of carbonyl (C=O) groups is 1. The molecule has 106 valence electrons. The number of nitrogens with zero attached hydrogens (tertiary/aromatic N) is 4. The van der Waals surface area contributed by atoms with Crippen molar-refractivity contribution in [3.8, 4) is 0 Å². The fourth-order valence-electron chi connectivity index (χ4n) is 1.85. The third-order valence-electron chi connectivity index (χ3n) is 3.00. The van der Waals surface area contributed by atoms with Crippen molar-refractivity contribution in [3.63, 3.8) is 0 Å². The Morgan fingerprint density at radius 1 is 1.40 bits per heavy atom. The molecule has 0 aromatic carbocycles. The highest BCUT2D eigenvalue weighted by molar-refractivity contribution is 9.10. The van der Waals surface area contributed by atoms with Crippen LogP contribution in [0.1, 0.15) is 16.2 Å². The summed E-state index contributed by atoms with van der Waals surface area (Å²) in [7, 11) is 5.15. The van der Waals surface area contributed by atoms with Gasteiger partial charge in [-0.1, -0.05) is 0 Å². The number of rotatable bonds is 3. The van der Waals surface area contributed by atoms with Crippen LogP contribution in [0.15, 0.2) is 33.7 Å². The SMILES string of the molecule is CN(Cc1cc(Br)cn1C)C(=O)c1ccc(=O)n(C)n1. The van der Waals surface area contributed by atoms with E-state index in [1.807, 2.05) is 23.9 Å². The molecule has 2 heterocycles. The topological polar surface area (TPSA) is 60.1 Å². The number of halogens is 1. The first kappa shape index (κ1) is 14.5. The Hall–Kier alpha value is -1.89. The van der Waals surface area contributed by atoms with Crippen LogP contribution >= 0.6 is 15.9 Å². The Morgan fingerprint density at radius 3 is 2.65 bits per heavy atom. The summed E-state index contributed by atoms with van der Waals surface area (Å²) >= 11 is 3.40. The predicted octanol–water partition coefficient (Wildman–Crippen LogP) is 1.15. The summed E-state index contributed by atoms with van der Waals surface area (Å²) in [5.41, 5.74) is 1.01. The van der Waals surface area contributed by atoms with Gasteiger partial charge in [-0.3, -0.25) is 9.59 Å². The van der Waals surface area contributed by atoms with E-state index in [9.17, 15) is 9.59 Å². The van der Waals surface area contributed by atoms with Gasteiger partial charge in [-0.2, -0.15) is 5.10 Å². The van der Waals surface area contributed by atoms with Crippen molar-refractivity contribution in [2.45, 2.75) is 6.54 Å². The molecular formula is C13H15BrN4O2. The van der Waals surface area contributed by atoms with Gasteiger partial charge >= 0.3 is 0 Å². The molecule has 6 nitrogen and oxygen atoms in total. The summed E-state index contributed by atoms with van der Waals surface area (Å²) in [4.78, 5) is 25.1. The van der Waals surface area contributed by atoms with Crippen molar-refractivity contribution in [1.82, 2.24) is 19.2 Å². The molecule has 1 amide bonds. The van der Waals surface area contributed by atoms with E-state index in [1.54, 1.807) is 11.9 Å². The highest BCUT2D eigenvalue weighted by Crippen LogP contribution is 2.15. The number of hydrogen-bond donors (Lipinski definition) is 0. The molecule has 0 spiro atoms. The highest BCUT2D eigenvalue weighted by Gasteiger charge is 2.15. The molecule has 20 heavy (non-hydrogen) atoms. The fraction of sp³-hybridized carbons (Fsp3) is 0.308. The van der Waals surface area contributed by atoms with Crippen LogP contribution in [0.25, 0.3) is 0 Å². The summed E-state index contributed by atoms with van der Waals surface area (Å²) in [5.74, 6) is -0.224. The Bertz CT molecular complexity index is 705. The van der Waals surface area contributed by atoms with Crippen LogP contribution in [0.3, 0.4) is 0 Å². The van der Waals surface area contributed by atoms with Gasteiger partial charge in [-0.05, 0) is 28.1 Å². The molecule has 0 N–H and O–H groups in total. The van der Waals surface area contributed by atoms with Gasteiger partial charge in [-0.15, -0.1) is 0 Å². The van der Waals surface area contributed by atoms with E-state index in [1.165, 1.54) is 19.2 Å². The van der Waals surface area contributed by atoms with E-state index in [4.69, 9.17) is 0 Å². The van der Waals surface area contributed by atoms with Gasteiger partial charge in [0.1, 0.15) is 5.69 Å². The molecule has 0 atom stereocenters. The molecule has 0 aliphatic carbocycles. The Labute approximate surface area is 124 Å². The van der Waals surface area contributed by atoms with E-state index in [-0.39, 0.29) is 17.2 Å². The van der Waals surface area contributed by atoms with Gasteiger partial charge < -0.3 is 9.47 Å². The third kappa shape index (κ3) is 2.98. The second-order valence-corrected chi connectivity index (χ2v) is 5.52. The van der Waals surface area contributed by atoms with E-state index < -0.39 is 0 Å². The lowest BCUT2D eigenvalue weighted by Gasteiger charge is -2.17. The summed E-state index contributed by atoms with van der Waals surface area (Å²) in [6, 6.07) is 4.74. The maximum Gasteiger partial charge on any atom is 0.274 e. The molecule has 0 saturated heterocycles. The molecule has 2 aromatic heterocycles. The summed E-state index contributed by atoms with van der Waals surface area (Å²) in [5, 5.41) is 3.96. The molecule has 0 aliphatic heterocycles. The number of aromatic nitrogens is 3. The van der Waals surface area contributed by atoms with Gasteiger partial charge in [0.15, 0.2) is 0 Å². The van der Waals surface area contributed by atoms with Crippen molar-refractivity contribution in [2.75, 3.05) is 7.05 Å². The molecule has 0 fully saturated rings. The lowest BCUT2D eigenvalue weighted by Crippen LogP contribution is -2.30. The summed E-state index contributed by atoms with van der Waals surface area (Å²) < 4.78 is 4.07. The van der Waals surface area contributed by atoms with Gasteiger partial charge in [0.25, 0.3) is 11.5 Å². The zero-order chi connectivity index (χ0) is 14.9. The van der Waals surface area contributed by atoms with E-state index in [2.05, 4.69) is 21.0 Å². The molecule has 0 saturated carbocycles. The van der Waals surface area contributed by atoms with Crippen molar-refractivity contribution < 1.29 is 4.79 Å². The first-order valence-electron chi connectivity index (χ1n) is 5.99. The normalized spacial score (nSPS) is 10.6. The van der Waals surface area contributed by atoms with Gasteiger partial charge in [0, 0.05) is 43.6 Å². The number of hydrogen-bond acceptors (Lipinski definition) is 3. The predicted molar refractivity (Wildman–Crippen MR) is 78.4 cm³/mol. The minimum atomic E-state index is -0.240. The standard InChI is InChI=1S/C13H15BrN4O2/c1-16-7-9(14)6-10(16)8-17(2)13(20)11-4-5-12(19)18(3)15-11/h4-7H,8H2,1-3H3. The molecule has 2 rings (SSSR count).